The fourth-order valence-corrected chi connectivity index (χ4v) is 4.10. The lowest BCUT2D eigenvalue weighted by molar-refractivity contribution is -0.126. The highest BCUT2D eigenvalue weighted by Gasteiger charge is 2.25. The van der Waals surface area contributed by atoms with Crippen molar-refractivity contribution >= 4 is 29.1 Å². The fraction of sp³-hybridized carbons (Fsp3) is 0.409. The number of carbonyl (C=O) groups excluding carboxylic acids is 1. The van der Waals surface area contributed by atoms with Crippen molar-refractivity contribution < 1.29 is 14.3 Å². The Bertz CT molecular complexity index is 832. The summed E-state index contributed by atoms with van der Waals surface area (Å²) in [5, 5.41) is 4.42. The van der Waals surface area contributed by atoms with E-state index in [1.54, 1.807) is 14.2 Å². The van der Waals surface area contributed by atoms with Crippen LogP contribution >= 0.6 is 23.2 Å². The standard InChI is InChI=1S/C22H26Cl2N2O3/c1-28-20-7-6-15(12-21(20)29-2)13-25-22(27)16-8-10-26(11-9-16)14-17-18(23)4-3-5-19(17)24/h3-7,12,16H,8-11,13-14H2,1-2H3,(H,25,27). The predicted octanol–water partition coefficient (Wildman–Crippen LogP) is 4.54. The number of nitrogens with zero attached hydrogens (tertiary/aromatic N) is 1. The minimum atomic E-state index is 0.0214. The summed E-state index contributed by atoms with van der Waals surface area (Å²) in [5.74, 6) is 1.45. The Morgan fingerprint density at radius 3 is 2.34 bits per heavy atom. The smallest absolute Gasteiger partial charge is 0.223 e. The molecule has 0 saturated carbocycles. The number of hydrogen-bond acceptors (Lipinski definition) is 4. The van der Waals surface area contributed by atoms with Gasteiger partial charge in [-0.1, -0.05) is 35.3 Å². The summed E-state index contributed by atoms with van der Waals surface area (Å²) in [6.07, 6.45) is 1.64. The SMILES string of the molecule is COc1ccc(CNC(=O)C2CCN(Cc3c(Cl)cccc3Cl)CC2)cc1OC. The maximum Gasteiger partial charge on any atom is 0.223 e. The van der Waals surface area contributed by atoms with E-state index in [9.17, 15) is 4.79 Å². The number of ether oxygens (including phenoxy) is 2. The molecule has 1 heterocycles. The topological polar surface area (TPSA) is 50.8 Å². The molecule has 3 rings (SSSR count). The second kappa shape index (κ2) is 10.2. The van der Waals surface area contributed by atoms with Gasteiger partial charge in [0.1, 0.15) is 0 Å². The molecule has 5 nitrogen and oxygen atoms in total. The van der Waals surface area contributed by atoms with Crippen LogP contribution in [0, 0.1) is 5.92 Å². The van der Waals surface area contributed by atoms with Crippen LogP contribution in [0.4, 0.5) is 0 Å². The van der Waals surface area contributed by atoms with Crippen molar-refractivity contribution in [3.05, 3.63) is 57.6 Å². The van der Waals surface area contributed by atoms with E-state index in [0.717, 1.165) is 37.1 Å². The molecule has 0 bridgehead atoms. The molecule has 2 aromatic rings. The van der Waals surface area contributed by atoms with Crippen LogP contribution in [-0.4, -0.2) is 38.1 Å². The molecule has 0 atom stereocenters. The lowest BCUT2D eigenvalue weighted by Crippen LogP contribution is -2.40. The van der Waals surface area contributed by atoms with Crippen LogP contribution in [0.25, 0.3) is 0 Å². The molecule has 1 aliphatic rings. The molecule has 0 radical (unpaired) electrons. The maximum atomic E-state index is 12.6. The number of methoxy groups -OCH3 is 2. The first-order valence-electron chi connectivity index (χ1n) is 9.65. The van der Waals surface area contributed by atoms with Crippen LogP contribution in [0.1, 0.15) is 24.0 Å². The monoisotopic (exact) mass is 436 g/mol. The molecule has 1 N–H and O–H groups in total. The largest absolute Gasteiger partial charge is 0.493 e. The lowest BCUT2D eigenvalue weighted by Gasteiger charge is -2.31. The van der Waals surface area contributed by atoms with E-state index in [2.05, 4.69) is 10.2 Å². The first kappa shape index (κ1) is 21.8. The quantitative estimate of drug-likeness (QED) is 0.691. The Labute approximate surface area is 181 Å². The number of nitrogens with one attached hydrogen (secondary N) is 1. The van der Waals surface area contributed by atoms with Crippen LogP contribution < -0.4 is 14.8 Å². The Morgan fingerprint density at radius 1 is 1.07 bits per heavy atom. The average Bonchev–Trinajstić information content (AvgIpc) is 2.75. The summed E-state index contributed by atoms with van der Waals surface area (Å²) in [5.41, 5.74) is 1.92. The zero-order valence-electron chi connectivity index (χ0n) is 16.7. The van der Waals surface area contributed by atoms with Gasteiger partial charge in [-0.05, 0) is 55.8 Å². The van der Waals surface area contributed by atoms with Crippen LogP contribution in [0.2, 0.25) is 10.0 Å². The van der Waals surface area contributed by atoms with Crippen molar-refractivity contribution in [1.82, 2.24) is 10.2 Å². The molecule has 1 saturated heterocycles. The number of hydrogen-bond donors (Lipinski definition) is 1. The highest BCUT2D eigenvalue weighted by molar-refractivity contribution is 6.35. The predicted molar refractivity (Wildman–Crippen MR) is 116 cm³/mol. The minimum absolute atomic E-state index is 0.0214. The summed E-state index contributed by atoms with van der Waals surface area (Å²) in [7, 11) is 3.20. The summed E-state index contributed by atoms with van der Waals surface area (Å²) in [6.45, 7) is 2.86. The van der Waals surface area contributed by atoms with Crippen molar-refractivity contribution in [3.63, 3.8) is 0 Å². The molecule has 7 heteroatoms. The Balaban J connectivity index is 1.49. The summed E-state index contributed by atoms with van der Waals surface area (Å²) < 4.78 is 10.6. The number of amides is 1. The van der Waals surface area contributed by atoms with Gasteiger partial charge in [0.2, 0.25) is 5.91 Å². The Morgan fingerprint density at radius 2 is 1.72 bits per heavy atom. The summed E-state index contributed by atoms with van der Waals surface area (Å²) in [6, 6.07) is 11.2. The van der Waals surface area contributed by atoms with E-state index in [0.29, 0.717) is 34.6 Å². The molecule has 1 aliphatic heterocycles. The molecule has 156 valence electrons. The highest BCUT2D eigenvalue weighted by atomic mass is 35.5. The van der Waals surface area contributed by atoms with E-state index in [4.69, 9.17) is 32.7 Å². The van der Waals surface area contributed by atoms with Crippen LogP contribution in [0.15, 0.2) is 36.4 Å². The van der Waals surface area contributed by atoms with Gasteiger partial charge in [0.15, 0.2) is 11.5 Å². The van der Waals surface area contributed by atoms with Crippen molar-refractivity contribution in [1.29, 1.82) is 0 Å². The van der Waals surface area contributed by atoms with Gasteiger partial charge >= 0.3 is 0 Å². The van der Waals surface area contributed by atoms with Crippen molar-refractivity contribution in [2.45, 2.75) is 25.9 Å². The molecule has 1 amide bonds. The number of halogens is 2. The van der Waals surface area contributed by atoms with Crippen LogP contribution in [0.5, 0.6) is 11.5 Å². The number of benzene rings is 2. The third-order valence-electron chi connectivity index (χ3n) is 5.32. The molecular formula is C22H26Cl2N2O3. The van der Waals surface area contributed by atoms with E-state index in [-0.39, 0.29) is 11.8 Å². The Hall–Kier alpha value is -1.95. The zero-order chi connectivity index (χ0) is 20.8. The molecule has 0 spiro atoms. The van der Waals surface area contributed by atoms with Gasteiger partial charge < -0.3 is 14.8 Å². The molecule has 0 aliphatic carbocycles. The fourth-order valence-electron chi connectivity index (χ4n) is 3.58. The van der Waals surface area contributed by atoms with E-state index in [1.807, 2.05) is 36.4 Å². The van der Waals surface area contributed by atoms with Crippen molar-refractivity contribution in [3.8, 4) is 11.5 Å². The van der Waals surface area contributed by atoms with Gasteiger partial charge in [-0.2, -0.15) is 0 Å². The second-order valence-corrected chi connectivity index (χ2v) is 7.97. The van der Waals surface area contributed by atoms with E-state index < -0.39 is 0 Å². The van der Waals surface area contributed by atoms with Crippen LogP contribution in [0.3, 0.4) is 0 Å². The number of carbonyl (C=O) groups is 1. The molecule has 1 fully saturated rings. The first-order valence-corrected chi connectivity index (χ1v) is 10.4. The number of rotatable bonds is 7. The summed E-state index contributed by atoms with van der Waals surface area (Å²) >= 11 is 12.6. The van der Waals surface area contributed by atoms with Crippen molar-refractivity contribution in [2.75, 3.05) is 27.3 Å². The van der Waals surface area contributed by atoms with Gasteiger partial charge in [0.25, 0.3) is 0 Å². The first-order chi connectivity index (χ1) is 14.0. The number of likely N-dealkylation sites (tertiary alicyclic amines) is 1. The molecule has 29 heavy (non-hydrogen) atoms. The third-order valence-corrected chi connectivity index (χ3v) is 6.02. The van der Waals surface area contributed by atoms with Gasteiger partial charge in [-0.15, -0.1) is 0 Å². The van der Waals surface area contributed by atoms with Crippen molar-refractivity contribution in [2.24, 2.45) is 5.92 Å². The van der Waals surface area contributed by atoms with Gasteiger partial charge in [-0.3, -0.25) is 9.69 Å². The van der Waals surface area contributed by atoms with Gasteiger partial charge in [0.05, 0.1) is 14.2 Å². The van der Waals surface area contributed by atoms with E-state index in [1.165, 1.54) is 0 Å². The molecule has 0 aromatic heterocycles. The average molecular weight is 437 g/mol. The normalized spacial score (nSPS) is 15.2. The zero-order valence-corrected chi connectivity index (χ0v) is 18.2. The van der Waals surface area contributed by atoms with Gasteiger partial charge in [0, 0.05) is 34.6 Å². The van der Waals surface area contributed by atoms with Crippen LogP contribution in [-0.2, 0) is 17.9 Å². The molecule has 0 unspecified atom stereocenters. The Kier molecular flexibility index (Phi) is 7.64. The van der Waals surface area contributed by atoms with E-state index >= 15 is 0 Å². The lowest BCUT2D eigenvalue weighted by atomic mass is 9.95. The number of piperidine rings is 1. The maximum absolute atomic E-state index is 12.6. The third kappa shape index (κ3) is 5.56. The van der Waals surface area contributed by atoms with Gasteiger partial charge in [-0.25, -0.2) is 0 Å². The minimum Gasteiger partial charge on any atom is -0.493 e. The second-order valence-electron chi connectivity index (χ2n) is 7.16. The highest BCUT2D eigenvalue weighted by Crippen LogP contribution is 2.29. The molecule has 2 aromatic carbocycles. The summed E-state index contributed by atoms with van der Waals surface area (Å²) in [4.78, 5) is 14.9. The molecular weight excluding hydrogens is 411 g/mol.